The molecule has 2 N–H and O–H groups in total. The second-order valence-corrected chi connectivity index (χ2v) is 8.07. The van der Waals surface area contributed by atoms with Gasteiger partial charge < -0.3 is 15.4 Å². The minimum Gasteiger partial charge on any atom is -0.444 e. The quantitative estimate of drug-likeness (QED) is 0.729. The van der Waals surface area contributed by atoms with E-state index in [9.17, 15) is 9.18 Å². The van der Waals surface area contributed by atoms with Gasteiger partial charge in [0.2, 0.25) is 5.95 Å². The van der Waals surface area contributed by atoms with Crippen LogP contribution in [-0.2, 0) is 4.74 Å². The minimum atomic E-state index is -0.509. The molecule has 1 saturated carbocycles. The van der Waals surface area contributed by atoms with Crippen LogP contribution in [0.4, 0.5) is 15.0 Å². The second-order valence-electron chi connectivity index (χ2n) is 7.21. The number of anilines is 1. The minimum absolute atomic E-state index is 0.166. The lowest BCUT2D eigenvalue weighted by atomic mass is 9.86. The Bertz CT molecular complexity index is 569. The van der Waals surface area contributed by atoms with Gasteiger partial charge in [0, 0.05) is 12.6 Å². The third kappa shape index (κ3) is 6.26. The molecule has 1 heterocycles. The number of rotatable bonds is 4. The highest BCUT2D eigenvalue weighted by atomic mass is 79.9. The van der Waals surface area contributed by atoms with Crippen molar-refractivity contribution >= 4 is 27.8 Å². The SMILES string of the molecule is CC(C)(C)OC(=O)N[C@H]1CC[C@@H](CNc2ccc(Br)c(F)n2)CC1. The Hall–Kier alpha value is -1.37. The zero-order valence-corrected chi connectivity index (χ0v) is 16.0. The van der Waals surface area contributed by atoms with Crippen molar-refractivity contribution in [2.45, 2.75) is 58.1 Å². The lowest BCUT2D eigenvalue weighted by Gasteiger charge is -2.30. The lowest BCUT2D eigenvalue weighted by Crippen LogP contribution is -2.41. The first-order chi connectivity index (χ1) is 11.2. The second kappa shape index (κ2) is 8.14. The third-order valence-electron chi connectivity index (χ3n) is 3.94. The summed E-state index contributed by atoms with van der Waals surface area (Å²) in [5, 5.41) is 6.12. The lowest BCUT2D eigenvalue weighted by molar-refractivity contribution is 0.0488. The fourth-order valence-corrected chi connectivity index (χ4v) is 2.97. The number of pyridine rings is 1. The molecular weight excluding hydrogens is 377 g/mol. The molecule has 24 heavy (non-hydrogen) atoms. The molecule has 1 fully saturated rings. The van der Waals surface area contributed by atoms with Crippen LogP contribution in [-0.4, -0.2) is 29.3 Å². The van der Waals surface area contributed by atoms with Gasteiger partial charge in [-0.05, 0) is 80.4 Å². The van der Waals surface area contributed by atoms with E-state index in [1.807, 2.05) is 20.8 Å². The standard InChI is InChI=1S/C17H25BrFN3O2/c1-17(2,3)24-16(23)21-12-6-4-11(5-7-12)10-20-14-9-8-13(18)15(19)22-14/h8-9,11-12H,4-7,10H2,1-3H3,(H,20,22)(H,21,23)/t11-,12+. The van der Waals surface area contributed by atoms with Crippen LogP contribution in [0.5, 0.6) is 0 Å². The number of nitrogens with zero attached hydrogens (tertiary/aromatic N) is 1. The van der Waals surface area contributed by atoms with Gasteiger partial charge in [-0.3, -0.25) is 0 Å². The molecule has 134 valence electrons. The largest absolute Gasteiger partial charge is 0.444 e. The van der Waals surface area contributed by atoms with E-state index in [0.29, 0.717) is 16.2 Å². The maximum Gasteiger partial charge on any atom is 0.407 e. The van der Waals surface area contributed by atoms with Gasteiger partial charge in [-0.1, -0.05) is 0 Å². The molecule has 7 heteroatoms. The molecule has 0 atom stereocenters. The van der Waals surface area contributed by atoms with Crippen molar-refractivity contribution in [1.29, 1.82) is 0 Å². The number of hydrogen-bond acceptors (Lipinski definition) is 4. The smallest absolute Gasteiger partial charge is 0.407 e. The maximum atomic E-state index is 13.4. The third-order valence-corrected chi connectivity index (χ3v) is 4.53. The Morgan fingerprint density at radius 3 is 2.58 bits per heavy atom. The molecule has 1 aliphatic rings. The first-order valence-corrected chi connectivity index (χ1v) is 9.07. The van der Waals surface area contributed by atoms with Gasteiger partial charge in [0.15, 0.2) is 0 Å². The van der Waals surface area contributed by atoms with Crippen molar-refractivity contribution < 1.29 is 13.9 Å². The molecule has 1 aromatic rings. The van der Waals surface area contributed by atoms with Crippen LogP contribution >= 0.6 is 15.9 Å². The van der Waals surface area contributed by atoms with Crippen LogP contribution in [0.2, 0.25) is 0 Å². The number of carbonyl (C=O) groups excluding carboxylic acids is 1. The molecule has 0 saturated heterocycles. The summed E-state index contributed by atoms with van der Waals surface area (Å²) < 4.78 is 19.0. The maximum absolute atomic E-state index is 13.4. The highest BCUT2D eigenvalue weighted by Gasteiger charge is 2.24. The molecule has 2 rings (SSSR count). The van der Waals surface area contributed by atoms with Crippen molar-refractivity contribution in [2.75, 3.05) is 11.9 Å². The van der Waals surface area contributed by atoms with Gasteiger partial charge in [0.05, 0.1) is 4.47 Å². The number of aromatic nitrogens is 1. The number of carbonyl (C=O) groups is 1. The zero-order valence-electron chi connectivity index (χ0n) is 14.4. The van der Waals surface area contributed by atoms with E-state index in [4.69, 9.17) is 4.74 Å². The summed E-state index contributed by atoms with van der Waals surface area (Å²) in [5.74, 6) is 0.533. The monoisotopic (exact) mass is 401 g/mol. The normalized spacial score (nSPS) is 21.2. The molecule has 0 bridgehead atoms. The van der Waals surface area contributed by atoms with Crippen LogP contribution in [0.15, 0.2) is 16.6 Å². The van der Waals surface area contributed by atoms with E-state index in [1.54, 1.807) is 12.1 Å². The zero-order chi connectivity index (χ0) is 17.7. The first kappa shape index (κ1) is 19.0. The molecule has 0 aliphatic heterocycles. The Morgan fingerprint density at radius 2 is 2.00 bits per heavy atom. The molecular formula is C17H25BrFN3O2. The summed E-state index contributed by atoms with van der Waals surface area (Å²) in [5.41, 5.74) is -0.474. The number of hydrogen-bond donors (Lipinski definition) is 2. The van der Waals surface area contributed by atoms with Gasteiger partial charge >= 0.3 is 6.09 Å². The Morgan fingerprint density at radius 1 is 1.33 bits per heavy atom. The van der Waals surface area contributed by atoms with Gasteiger partial charge in [-0.2, -0.15) is 4.39 Å². The van der Waals surface area contributed by atoms with E-state index in [1.165, 1.54) is 0 Å². The molecule has 0 radical (unpaired) electrons. The summed E-state index contributed by atoms with van der Waals surface area (Å²) in [6.07, 6.45) is 3.51. The van der Waals surface area contributed by atoms with Crippen LogP contribution in [0, 0.1) is 11.9 Å². The summed E-state index contributed by atoms with van der Waals surface area (Å²) in [6, 6.07) is 3.56. The van der Waals surface area contributed by atoms with Crippen molar-refractivity contribution in [2.24, 2.45) is 5.92 Å². The van der Waals surface area contributed by atoms with Crippen molar-refractivity contribution in [3.05, 3.63) is 22.6 Å². The van der Waals surface area contributed by atoms with Crippen LogP contribution < -0.4 is 10.6 Å². The molecule has 0 spiro atoms. The van der Waals surface area contributed by atoms with Crippen molar-refractivity contribution in [3.63, 3.8) is 0 Å². The Balaban J connectivity index is 1.71. The molecule has 0 unspecified atom stereocenters. The number of alkyl carbamates (subject to hydrolysis) is 1. The van der Waals surface area contributed by atoms with E-state index >= 15 is 0 Å². The highest BCUT2D eigenvalue weighted by molar-refractivity contribution is 9.10. The van der Waals surface area contributed by atoms with Gasteiger partial charge in [-0.25, -0.2) is 9.78 Å². The summed E-state index contributed by atoms with van der Waals surface area (Å²) >= 11 is 3.09. The van der Waals surface area contributed by atoms with E-state index in [2.05, 4.69) is 31.5 Å². The predicted molar refractivity (Wildman–Crippen MR) is 95.5 cm³/mol. The van der Waals surface area contributed by atoms with Crippen LogP contribution in [0.25, 0.3) is 0 Å². The number of amides is 1. The highest BCUT2D eigenvalue weighted by Crippen LogP contribution is 2.25. The molecule has 1 amide bonds. The molecule has 1 aromatic heterocycles. The fourth-order valence-electron chi connectivity index (χ4n) is 2.75. The van der Waals surface area contributed by atoms with Gasteiger partial charge in [-0.15, -0.1) is 0 Å². The van der Waals surface area contributed by atoms with Gasteiger partial charge in [0.1, 0.15) is 11.4 Å². The Labute approximate surface area is 150 Å². The summed E-state index contributed by atoms with van der Waals surface area (Å²) in [6.45, 7) is 6.32. The first-order valence-electron chi connectivity index (χ1n) is 8.28. The van der Waals surface area contributed by atoms with Crippen LogP contribution in [0.1, 0.15) is 46.5 Å². The summed E-state index contributed by atoms with van der Waals surface area (Å²) in [7, 11) is 0. The Kier molecular flexibility index (Phi) is 6.43. The number of nitrogens with one attached hydrogen (secondary N) is 2. The topological polar surface area (TPSA) is 63.2 Å². The van der Waals surface area contributed by atoms with Crippen LogP contribution in [0.3, 0.4) is 0 Å². The van der Waals surface area contributed by atoms with Crippen molar-refractivity contribution in [1.82, 2.24) is 10.3 Å². The predicted octanol–water partition coefficient (Wildman–Crippen LogP) is 4.48. The fraction of sp³-hybridized carbons (Fsp3) is 0.647. The number of ether oxygens (including phenoxy) is 1. The molecule has 5 nitrogen and oxygen atoms in total. The average molecular weight is 402 g/mol. The van der Waals surface area contributed by atoms with E-state index in [-0.39, 0.29) is 12.1 Å². The average Bonchev–Trinajstić information content (AvgIpc) is 2.48. The van der Waals surface area contributed by atoms with E-state index in [0.717, 1.165) is 32.2 Å². The molecule has 1 aliphatic carbocycles. The summed E-state index contributed by atoms with van der Waals surface area (Å²) in [4.78, 5) is 15.6. The number of halogens is 2. The van der Waals surface area contributed by atoms with E-state index < -0.39 is 11.5 Å². The molecule has 0 aromatic carbocycles. The van der Waals surface area contributed by atoms with Crippen molar-refractivity contribution in [3.8, 4) is 0 Å². The van der Waals surface area contributed by atoms with Gasteiger partial charge in [0.25, 0.3) is 0 Å².